The maximum Gasteiger partial charge on any atom is 0.106 e. The number of aryl methyl sites for hydroxylation is 2. The minimum absolute atomic E-state index is 0.852. The molecule has 1 aromatic heterocycles. The lowest BCUT2D eigenvalue weighted by atomic mass is 10.1. The molecule has 0 spiro atoms. The van der Waals surface area contributed by atoms with E-state index in [2.05, 4.69) is 42.3 Å². The lowest BCUT2D eigenvalue weighted by molar-refractivity contribution is 0.689. The van der Waals surface area contributed by atoms with E-state index < -0.39 is 0 Å². The second-order valence-corrected chi connectivity index (χ2v) is 4.93. The molecule has 0 saturated heterocycles. The Morgan fingerprint density at radius 2 is 2.06 bits per heavy atom. The van der Waals surface area contributed by atoms with E-state index in [4.69, 9.17) is 0 Å². The second kappa shape index (κ2) is 5.23. The molecule has 0 fully saturated rings. The molecule has 0 atom stereocenters. The van der Waals surface area contributed by atoms with Gasteiger partial charge in [0.05, 0.1) is 0 Å². The molecule has 2 nitrogen and oxygen atoms in total. The van der Waals surface area contributed by atoms with Crippen molar-refractivity contribution in [2.24, 2.45) is 0 Å². The van der Waals surface area contributed by atoms with Crippen LogP contribution in [-0.2, 0) is 13.1 Å². The van der Waals surface area contributed by atoms with Crippen molar-refractivity contribution in [3.63, 3.8) is 0 Å². The van der Waals surface area contributed by atoms with E-state index in [1.165, 1.54) is 16.7 Å². The Balaban J connectivity index is 1.87. The Morgan fingerprint density at radius 3 is 2.75 bits per heavy atom. The molecule has 3 heteroatoms. The molecule has 16 heavy (non-hydrogen) atoms. The Hall–Kier alpha value is -1.19. The molecule has 0 aliphatic heterocycles. The summed E-state index contributed by atoms with van der Waals surface area (Å²) >= 11 is 1.69. The van der Waals surface area contributed by atoms with Crippen LogP contribution in [0, 0.1) is 13.8 Å². The van der Waals surface area contributed by atoms with Gasteiger partial charge in [-0.05, 0) is 30.5 Å². The number of hydrogen-bond donors (Lipinski definition) is 1. The van der Waals surface area contributed by atoms with Crippen molar-refractivity contribution in [2.45, 2.75) is 26.9 Å². The van der Waals surface area contributed by atoms with Crippen LogP contribution in [0.1, 0.15) is 21.7 Å². The van der Waals surface area contributed by atoms with Crippen LogP contribution in [0.3, 0.4) is 0 Å². The molecule has 0 aliphatic rings. The highest BCUT2D eigenvalue weighted by atomic mass is 32.1. The van der Waals surface area contributed by atoms with E-state index >= 15 is 0 Å². The van der Waals surface area contributed by atoms with Crippen LogP contribution in [0.4, 0.5) is 0 Å². The monoisotopic (exact) mass is 232 g/mol. The molecular weight excluding hydrogens is 216 g/mol. The third-order valence-corrected chi connectivity index (χ3v) is 3.44. The molecule has 0 unspecified atom stereocenters. The number of thiazole rings is 1. The summed E-state index contributed by atoms with van der Waals surface area (Å²) in [6.07, 6.45) is 1.84. The van der Waals surface area contributed by atoms with E-state index in [1.807, 2.05) is 11.6 Å². The van der Waals surface area contributed by atoms with Gasteiger partial charge < -0.3 is 5.32 Å². The van der Waals surface area contributed by atoms with Gasteiger partial charge in [0.15, 0.2) is 0 Å². The average Bonchev–Trinajstić information content (AvgIpc) is 2.76. The fraction of sp³-hybridized carbons (Fsp3) is 0.308. The summed E-state index contributed by atoms with van der Waals surface area (Å²) < 4.78 is 0. The second-order valence-electron chi connectivity index (χ2n) is 3.95. The summed E-state index contributed by atoms with van der Waals surface area (Å²) in [5.74, 6) is 0. The molecule has 0 bridgehead atoms. The van der Waals surface area contributed by atoms with E-state index in [0.29, 0.717) is 0 Å². The summed E-state index contributed by atoms with van der Waals surface area (Å²) in [6.45, 7) is 6.05. The first-order chi connectivity index (χ1) is 7.75. The Kier molecular flexibility index (Phi) is 3.70. The molecule has 0 amide bonds. The van der Waals surface area contributed by atoms with Gasteiger partial charge in [-0.1, -0.05) is 18.2 Å². The Bertz CT molecular complexity index is 449. The summed E-state index contributed by atoms with van der Waals surface area (Å²) in [4.78, 5) is 4.24. The van der Waals surface area contributed by atoms with E-state index in [0.717, 1.165) is 18.1 Å². The van der Waals surface area contributed by atoms with Gasteiger partial charge in [0.25, 0.3) is 0 Å². The lowest BCUT2D eigenvalue weighted by Crippen LogP contribution is -2.12. The maximum atomic E-state index is 4.24. The minimum Gasteiger partial charge on any atom is -0.306 e. The van der Waals surface area contributed by atoms with Gasteiger partial charge >= 0.3 is 0 Å². The normalized spacial score (nSPS) is 10.6. The van der Waals surface area contributed by atoms with Gasteiger partial charge in [-0.3, -0.25) is 0 Å². The fourth-order valence-corrected chi connectivity index (χ4v) is 2.15. The molecular formula is C13H16N2S. The van der Waals surface area contributed by atoms with Crippen molar-refractivity contribution in [1.82, 2.24) is 10.3 Å². The largest absolute Gasteiger partial charge is 0.306 e. The van der Waals surface area contributed by atoms with Gasteiger partial charge in [0.1, 0.15) is 5.01 Å². The summed E-state index contributed by atoms with van der Waals surface area (Å²) in [6, 6.07) is 6.59. The molecule has 2 aromatic rings. The first kappa shape index (κ1) is 11.3. The van der Waals surface area contributed by atoms with Crippen LogP contribution in [0.15, 0.2) is 29.8 Å². The highest BCUT2D eigenvalue weighted by Gasteiger charge is 1.98. The van der Waals surface area contributed by atoms with Crippen molar-refractivity contribution >= 4 is 11.3 Å². The lowest BCUT2D eigenvalue weighted by Gasteiger charge is -2.06. The molecule has 1 N–H and O–H groups in total. The fourth-order valence-electron chi connectivity index (χ4n) is 1.57. The van der Waals surface area contributed by atoms with Crippen LogP contribution in [0.2, 0.25) is 0 Å². The first-order valence-corrected chi connectivity index (χ1v) is 6.29. The van der Waals surface area contributed by atoms with Gasteiger partial charge in [-0.15, -0.1) is 11.3 Å². The predicted molar refractivity (Wildman–Crippen MR) is 68.6 cm³/mol. The van der Waals surface area contributed by atoms with Crippen molar-refractivity contribution in [1.29, 1.82) is 0 Å². The van der Waals surface area contributed by atoms with Crippen molar-refractivity contribution in [3.05, 3.63) is 51.5 Å². The standard InChI is InChI=1S/C13H16N2S/c1-10-3-4-12(7-11(10)2)8-14-9-13-15-5-6-16-13/h3-7,14H,8-9H2,1-2H3. The number of hydrogen-bond acceptors (Lipinski definition) is 3. The summed E-state index contributed by atoms with van der Waals surface area (Å²) in [5, 5.41) is 6.55. The van der Waals surface area contributed by atoms with Gasteiger partial charge in [-0.25, -0.2) is 4.98 Å². The number of aromatic nitrogens is 1. The molecule has 2 rings (SSSR count). The first-order valence-electron chi connectivity index (χ1n) is 5.41. The molecule has 84 valence electrons. The number of benzene rings is 1. The van der Waals surface area contributed by atoms with Gasteiger partial charge in [0.2, 0.25) is 0 Å². The maximum absolute atomic E-state index is 4.24. The average molecular weight is 232 g/mol. The number of nitrogens with one attached hydrogen (secondary N) is 1. The highest BCUT2D eigenvalue weighted by Crippen LogP contribution is 2.10. The minimum atomic E-state index is 0.852. The molecule has 0 radical (unpaired) electrons. The molecule has 0 aliphatic carbocycles. The van der Waals surface area contributed by atoms with Crippen LogP contribution in [0.25, 0.3) is 0 Å². The third-order valence-electron chi connectivity index (χ3n) is 2.66. The van der Waals surface area contributed by atoms with Gasteiger partial charge in [-0.2, -0.15) is 0 Å². The predicted octanol–water partition coefficient (Wildman–Crippen LogP) is 3.05. The van der Waals surface area contributed by atoms with E-state index in [9.17, 15) is 0 Å². The number of rotatable bonds is 4. The Morgan fingerprint density at radius 1 is 1.19 bits per heavy atom. The smallest absolute Gasteiger partial charge is 0.106 e. The zero-order valence-corrected chi connectivity index (χ0v) is 10.5. The van der Waals surface area contributed by atoms with Gasteiger partial charge in [0, 0.05) is 24.7 Å². The van der Waals surface area contributed by atoms with E-state index in [-0.39, 0.29) is 0 Å². The highest BCUT2D eigenvalue weighted by molar-refractivity contribution is 7.09. The summed E-state index contributed by atoms with van der Waals surface area (Å²) in [5.41, 5.74) is 4.04. The SMILES string of the molecule is Cc1ccc(CNCc2nccs2)cc1C. The summed E-state index contributed by atoms with van der Waals surface area (Å²) in [7, 11) is 0. The zero-order chi connectivity index (χ0) is 11.4. The Labute approximate surface area is 100 Å². The van der Waals surface area contributed by atoms with Crippen LogP contribution in [-0.4, -0.2) is 4.98 Å². The van der Waals surface area contributed by atoms with E-state index in [1.54, 1.807) is 11.3 Å². The molecule has 1 heterocycles. The molecule has 0 saturated carbocycles. The third kappa shape index (κ3) is 2.90. The topological polar surface area (TPSA) is 24.9 Å². The van der Waals surface area contributed by atoms with Crippen LogP contribution >= 0.6 is 11.3 Å². The quantitative estimate of drug-likeness (QED) is 0.876. The van der Waals surface area contributed by atoms with Crippen LogP contribution < -0.4 is 5.32 Å². The van der Waals surface area contributed by atoms with Crippen LogP contribution in [0.5, 0.6) is 0 Å². The van der Waals surface area contributed by atoms with Crippen molar-refractivity contribution in [2.75, 3.05) is 0 Å². The van der Waals surface area contributed by atoms with Crippen molar-refractivity contribution < 1.29 is 0 Å². The number of nitrogens with zero attached hydrogens (tertiary/aromatic N) is 1. The van der Waals surface area contributed by atoms with Crippen molar-refractivity contribution in [3.8, 4) is 0 Å². The molecule has 1 aromatic carbocycles. The zero-order valence-electron chi connectivity index (χ0n) is 9.66.